The first-order chi connectivity index (χ1) is 4.91. The monoisotopic (exact) mass is 149 g/mol. The van der Waals surface area contributed by atoms with Crippen LogP contribution in [0, 0.1) is 0 Å². The van der Waals surface area contributed by atoms with E-state index in [1.807, 2.05) is 13.8 Å². The first-order valence-electron chi connectivity index (χ1n) is 3.68. The van der Waals surface area contributed by atoms with Gasteiger partial charge in [-0.05, 0) is 0 Å². The molecule has 3 nitrogen and oxygen atoms in total. The van der Waals surface area contributed by atoms with Gasteiger partial charge in [0, 0.05) is 13.7 Å². The van der Waals surface area contributed by atoms with Gasteiger partial charge in [0.25, 0.3) is 0 Å². The van der Waals surface area contributed by atoms with Gasteiger partial charge in [-0.3, -0.25) is 0 Å². The van der Waals surface area contributed by atoms with Gasteiger partial charge >= 0.3 is 0 Å². The minimum absolute atomic E-state index is 0.587. The first kappa shape index (κ1) is 12.5. The SMILES string of the molecule is CC.COCCOCCN. The quantitative estimate of drug-likeness (QED) is 0.583. The fraction of sp³-hybridized carbons (Fsp3) is 1.00. The second-order valence-electron chi connectivity index (χ2n) is 1.39. The molecule has 10 heavy (non-hydrogen) atoms. The maximum absolute atomic E-state index is 5.14. The van der Waals surface area contributed by atoms with Crippen LogP contribution in [0.15, 0.2) is 0 Å². The van der Waals surface area contributed by atoms with Gasteiger partial charge in [0.15, 0.2) is 0 Å². The number of methoxy groups -OCH3 is 1. The normalized spacial score (nSPS) is 8.40. The van der Waals surface area contributed by atoms with Gasteiger partial charge in [-0.15, -0.1) is 0 Å². The molecule has 0 saturated heterocycles. The zero-order valence-corrected chi connectivity index (χ0v) is 7.22. The molecule has 64 valence electrons. The maximum atomic E-state index is 5.14. The largest absolute Gasteiger partial charge is 0.382 e. The number of nitrogens with two attached hydrogens (primary N) is 1. The van der Waals surface area contributed by atoms with Crippen molar-refractivity contribution in [3.63, 3.8) is 0 Å². The lowest BCUT2D eigenvalue weighted by molar-refractivity contribution is 0.0747. The third-order valence-electron chi connectivity index (χ3n) is 0.694. The van der Waals surface area contributed by atoms with Crippen molar-refractivity contribution in [2.75, 3.05) is 33.5 Å². The Bertz CT molecular complexity index is 36.6. The summed E-state index contributed by atoms with van der Waals surface area (Å²) >= 11 is 0. The maximum Gasteiger partial charge on any atom is 0.0700 e. The van der Waals surface area contributed by atoms with Crippen molar-refractivity contribution in [2.24, 2.45) is 5.73 Å². The first-order valence-corrected chi connectivity index (χ1v) is 3.68. The summed E-state index contributed by atoms with van der Waals surface area (Å²) in [5.41, 5.74) is 5.14. The van der Waals surface area contributed by atoms with Crippen LogP contribution in [-0.4, -0.2) is 33.5 Å². The Balaban J connectivity index is 0. The molecule has 0 aromatic carbocycles. The molecule has 2 N–H and O–H groups in total. The average molecular weight is 149 g/mol. The zero-order chi connectivity index (χ0) is 8.24. The molecule has 0 rings (SSSR count). The summed E-state index contributed by atoms with van der Waals surface area (Å²) in [5.74, 6) is 0. The van der Waals surface area contributed by atoms with Gasteiger partial charge in [0.05, 0.1) is 19.8 Å². The lowest BCUT2D eigenvalue weighted by Gasteiger charge is -1.98. The van der Waals surface area contributed by atoms with Gasteiger partial charge in [0.1, 0.15) is 0 Å². The summed E-state index contributed by atoms with van der Waals surface area (Å²) in [6.45, 7) is 6.51. The molecule has 0 fully saturated rings. The molecule has 0 aliphatic rings. The molecule has 0 aliphatic carbocycles. The van der Waals surface area contributed by atoms with E-state index in [0.717, 1.165) is 0 Å². The molecule has 0 saturated carbocycles. The second-order valence-corrected chi connectivity index (χ2v) is 1.39. The van der Waals surface area contributed by atoms with Crippen molar-refractivity contribution in [1.29, 1.82) is 0 Å². The summed E-state index contributed by atoms with van der Waals surface area (Å²) in [6, 6.07) is 0. The lowest BCUT2D eigenvalue weighted by atomic mass is 10.7. The fourth-order valence-electron chi connectivity index (χ4n) is 0.328. The predicted octanol–water partition coefficient (Wildman–Crippen LogP) is 0.634. The van der Waals surface area contributed by atoms with Crippen LogP contribution in [0.3, 0.4) is 0 Å². The van der Waals surface area contributed by atoms with Crippen LogP contribution in [0.2, 0.25) is 0 Å². The van der Waals surface area contributed by atoms with E-state index in [1.54, 1.807) is 7.11 Å². The molecule has 0 bridgehead atoms. The van der Waals surface area contributed by atoms with Crippen LogP contribution in [0.25, 0.3) is 0 Å². The molecule has 0 heterocycles. The van der Waals surface area contributed by atoms with Crippen LogP contribution in [0.1, 0.15) is 13.8 Å². The standard InChI is InChI=1S/C5H13NO2.C2H6/c1-7-4-5-8-3-2-6;1-2/h2-6H2,1H3;1-2H3. The number of ether oxygens (including phenoxy) is 2. The smallest absolute Gasteiger partial charge is 0.0700 e. The van der Waals surface area contributed by atoms with E-state index >= 15 is 0 Å². The van der Waals surface area contributed by atoms with Gasteiger partial charge in [-0.2, -0.15) is 0 Å². The summed E-state index contributed by atoms with van der Waals surface area (Å²) in [5, 5.41) is 0. The van der Waals surface area contributed by atoms with E-state index in [-0.39, 0.29) is 0 Å². The molecular formula is C7H19NO2. The number of hydrogen-bond donors (Lipinski definition) is 1. The summed E-state index contributed by atoms with van der Waals surface area (Å²) in [6.07, 6.45) is 0. The van der Waals surface area contributed by atoms with Crippen molar-refractivity contribution in [3.05, 3.63) is 0 Å². The minimum Gasteiger partial charge on any atom is -0.382 e. The van der Waals surface area contributed by atoms with E-state index in [4.69, 9.17) is 15.2 Å². The number of rotatable bonds is 5. The van der Waals surface area contributed by atoms with Gasteiger partial charge < -0.3 is 15.2 Å². The highest BCUT2D eigenvalue weighted by Crippen LogP contribution is 1.71. The Morgan fingerprint density at radius 2 is 1.70 bits per heavy atom. The molecule has 0 aliphatic heterocycles. The van der Waals surface area contributed by atoms with Gasteiger partial charge in [-0.25, -0.2) is 0 Å². The van der Waals surface area contributed by atoms with Crippen LogP contribution < -0.4 is 5.73 Å². The Labute approximate surface area is 63.5 Å². The van der Waals surface area contributed by atoms with Crippen molar-refractivity contribution >= 4 is 0 Å². The molecule has 0 aromatic rings. The molecule has 0 amide bonds. The molecule has 0 unspecified atom stereocenters. The third kappa shape index (κ3) is 15.7. The number of hydrogen-bond acceptors (Lipinski definition) is 3. The third-order valence-corrected chi connectivity index (χ3v) is 0.694. The topological polar surface area (TPSA) is 44.5 Å². The van der Waals surface area contributed by atoms with Crippen LogP contribution >= 0.6 is 0 Å². The van der Waals surface area contributed by atoms with E-state index < -0.39 is 0 Å². The van der Waals surface area contributed by atoms with Gasteiger partial charge in [-0.1, -0.05) is 13.8 Å². The zero-order valence-electron chi connectivity index (χ0n) is 7.22. The van der Waals surface area contributed by atoms with E-state index in [0.29, 0.717) is 26.4 Å². The molecule has 0 atom stereocenters. The van der Waals surface area contributed by atoms with E-state index in [1.165, 1.54) is 0 Å². The molecule has 0 spiro atoms. The highest BCUT2D eigenvalue weighted by atomic mass is 16.5. The Hall–Kier alpha value is -0.120. The minimum atomic E-state index is 0.587. The molecular weight excluding hydrogens is 130 g/mol. The summed E-state index contributed by atoms with van der Waals surface area (Å²) in [4.78, 5) is 0. The van der Waals surface area contributed by atoms with Crippen LogP contribution in [0.5, 0.6) is 0 Å². The van der Waals surface area contributed by atoms with Gasteiger partial charge in [0.2, 0.25) is 0 Å². The van der Waals surface area contributed by atoms with E-state index in [2.05, 4.69) is 0 Å². The van der Waals surface area contributed by atoms with Crippen molar-refractivity contribution < 1.29 is 9.47 Å². The highest BCUT2D eigenvalue weighted by Gasteiger charge is 1.81. The van der Waals surface area contributed by atoms with Crippen molar-refractivity contribution in [3.8, 4) is 0 Å². The molecule has 0 aromatic heterocycles. The summed E-state index contributed by atoms with van der Waals surface area (Å²) in [7, 11) is 1.64. The van der Waals surface area contributed by atoms with Crippen LogP contribution in [0.4, 0.5) is 0 Å². The Morgan fingerprint density at radius 1 is 1.10 bits per heavy atom. The molecule has 0 radical (unpaired) electrons. The van der Waals surface area contributed by atoms with Crippen molar-refractivity contribution in [2.45, 2.75) is 13.8 Å². The predicted molar refractivity (Wildman–Crippen MR) is 43.1 cm³/mol. The Morgan fingerprint density at radius 3 is 2.10 bits per heavy atom. The van der Waals surface area contributed by atoms with E-state index in [9.17, 15) is 0 Å². The highest BCUT2D eigenvalue weighted by molar-refractivity contribution is 4.30. The van der Waals surface area contributed by atoms with Crippen LogP contribution in [-0.2, 0) is 9.47 Å². The molecule has 3 heteroatoms. The Kier molecular flexibility index (Phi) is 20.0. The van der Waals surface area contributed by atoms with Crippen molar-refractivity contribution in [1.82, 2.24) is 0 Å². The average Bonchev–Trinajstić information content (AvgIpc) is 2.02. The lowest BCUT2D eigenvalue weighted by Crippen LogP contribution is -2.11. The summed E-state index contributed by atoms with van der Waals surface area (Å²) < 4.78 is 9.70. The second kappa shape index (κ2) is 15.9. The fourth-order valence-corrected chi connectivity index (χ4v) is 0.328.